The molecule has 2 amide bonds. The van der Waals surface area contributed by atoms with Crippen LogP contribution in [0, 0.1) is 5.41 Å². The van der Waals surface area contributed by atoms with E-state index in [0.29, 0.717) is 48.2 Å². The van der Waals surface area contributed by atoms with Crippen molar-refractivity contribution in [1.82, 2.24) is 4.90 Å². The molecule has 2 aliphatic rings. The molecule has 1 heterocycles. The number of aliphatic hydroxyl groups excluding tert-OH is 1. The van der Waals surface area contributed by atoms with Gasteiger partial charge in [0, 0.05) is 31.6 Å². The predicted molar refractivity (Wildman–Crippen MR) is 111 cm³/mol. The minimum absolute atomic E-state index is 0.0111. The van der Waals surface area contributed by atoms with Crippen LogP contribution in [0.2, 0.25) is 0 Å². The van der Waals surface area contributed by atoms with Crippen molar-refractivity contribution in [3.05, 3.63) is 46.7 Å². The predicted octanol–water partition coefficient (Wildman–Crippen LogP) is 4.12. The number of hydrogen-bond acceptors (Lipinski definition) is 5. The Hall–Kier alpha value is -2.76. The first-order valence-electron chi connectivity index (χ1n) is 10.2. The summed E-state index contributed by atoms with van der Waals surface area (Å²) in [5.41, 5.74) is 1.66. The first-order chi connectivity index (χ1) is 13.7. The van der Waals surface area contributed by atoms with Crippen LogP contribution in [0.1, 0.15) is 73.6 Å². The van der Waals surface area contributed by atoms with E-state index < -0.39 is 0 Å². The molecule has 1 aliphatic heterocycles. The average molecular weight is 396 g/mol. The third-order valence-corrected chi connectivity index (χ3v) is 5.34. The number of carbonyl (C=O) groups is 3. The molecule has 29 heavy (non-hydrogen) atoms. The number of carbonyl (C=O) groups excluding carboxylic acids is 3. The number of imide groups is 1. The van der Waals surface area contributed by atoms with E-state index >= 15 is 0 Å². The largest absolute Gasteiger partial charge is 0.511 e. The summed E-state index contributed by atoms with van der Waals surface area (Å²) in [6, 6.07) is 6.76. The zero-order valence-electron chi connectivity index (χ0n) is 17.3. The van der Waals surface area contributed by atoms with Gasteiger partial charge in [-0.05, 0) is 36.8 Å². The third kappa shape index (κ3) is 4.31. The summed E-state index contributed by atoms with van der Waals surface area (Å²) in [5, 5.41) is 10.7. The van der Waals surface area contributed by atoms with Gasteiger partial charge in [0.25, 0.3) is 11.8 Å². The summed E-state index contributed by atoms with van der Waals surface area (Å²) in [6.07, 6.45) is 2.50. The summed E-state index contributed by atoms with van der Waals surface area (Å²) < 4.78 is 0. The fourth-order valence-electron chi connectivity index (χ4n) is 3.97. The molecule has 1 fully saturated rings. The molecule has 3 rings (SSSR count). The monoisotopic (exact) mass is 396 g/mol. The van der Waals surface area contributed by atoms with Crippen molar-refractivity contribution in [3.63, 3.8) is 0 Å². The van der Waals surface area contributed by atoms with Gasteiger partial charge in [-0.25, -0.2) is 0 Å². The van der Waals surface area contributed by atoms with E-state index in [-0.39, 0.29) is 41.7 Å². The van der Waals surface area contributed by atoms with Crippen molar-refractivity contribution in [2.24, 2.45) is 10.4 Å². The SMILES string of the molecule is CCCN=C1CC(C)(C)CC(=O)/C1=C(/O)CCCN1C(=O)c2ccccc2C1=O. The Balaban J connectivity index is 1.71. The van der Waals surface area contributed by atoms with Gasteiger partial charge in [-0.3, -0.25) is 24.3 Å². The summed E-state index contributed by atoms with van der Waals surface area (Å²) in [6.45, 7) is 6.89. The van der Waals surface area contributed by atoms with Crippen molar-refractivity contribution >= 4 is 23.3 Å². The van der Waals surface area contributed by atoms with Gasteiger partial charge in [0.05, 0.1) is 16.7 Å². The zero-order chi connectivity index (χ0) is 21.2. The van der Waals surface area contributed by atoms with E-state index in [1.807, 2.05) is 20.8 Å². The van der Waals surface area contributed by atoms with E-state index in [0.717, 1.165) is 6.42 Å². The molecule has 154 valence electrons. The van der Waals surface area contributed by atoms with Gasteiger partial charge in [-0.2, -0.15) is 0 Å². The normalized spacial score (nSPS) is 21.7. The first kappa shape index (κ1) is 21.0. The zero-order valence-corrected chi connectivity index (χ0v) is 17.3. The lowest BCUT2D eigenvalue weighted by Crippen LogP contribution is -2.33. The quantitative estimate of drug-likeness (QED) is 0.445. The molecule has 0 bridgehead atoms. The fraction of sp³-hybridized carbons (Fsp3) is 0.478. The molecule has 1 aliphatic carbocycles. The maximum absolute atomic E-state index is 12.7. The minimum atomic E-state index is -0.307. The maximum atomic E-state index is 12.7. The number of aliphatic imine (C=N–C) groups is 1. The van der Waals surface area contributed by atoms with Crippen LogP contribution in [0.25, 0.3) is 0 Å². The number of hydrogen-bond donors (Lipinski definition) is 1. The Labute approximate surface area is 171 Å². The van der Waals surface area contributed by atoms with Crippen LogP contribution in [0.15, 0.2) is 40.6 Å². The maximum Gasteiger partial charge on any atom is 0.261 e. The summed E-state index contributed by atoms with van der Waals surface area (Å²) in [7, 11) is 0. The molecule has 0 unspecified atom stereocenters. The highest BCUT2D eigenvalue weighted by atomic mass is 16.3. The molecule has 1 aromatic carbocycles. The molecular weight excluding hydrogens is 368 g/mol. The molecule has 0 saturated heterocycles. The van der Waals surface area contributed by atoms with Gasteiger partial charge in [-0.1, -0.05) is 32.9 Å². The van der Waals surface area contributed by atoms with E-state index in [2.05, 4.69) is 4.99 Å². The smallest absolute Gasteiger partial charge is 0.261 e. The van der Waals surface area contributed by atoms with Crippen molar-refractivity contribution < 1.29 is 19.5 Å². The number of allylic oxidation sites excluding steroid dienone is 2. The second-order valence-electron chi connectivity index (χ2n) is 8.50. The second-order valence-corrected chi connectivity index (χ2v) is 8.50. The number of aliphatic hydroxyl groups is 1. The molecule has 6 nitrogen and oxygen atoms in total. The molecule has 0 spiro atoms. The van der Waals surface area contributed by atoms with Crippen molar-refractivity contribution in [1.29, 1.82) is 0 Å². The summed E-state index contributed by atoms with van der Waals surface area (Å²) >= 11 is 0. The fourth-order valence-corrected chi connectivity index (χ4v) is 3.97. The van der Waals surface area contributed by atoms with Gasteiger partial charge in [0.15, 0.2) is 5.78 Å². The average Bonchev–Trinajstić information content (AvgIpc) is 2.90. The number of rotatable bonds is 6. The number of amides is 2. The Bertz CT molecular complexity index is 876. The highest BCUT2D eigenvalue weighted by molar-refractivity contribution is 6.24. The first-order valence-corrected chi connectivity index (χ1v) is 10.2. The number of benzene rings is 1. The highest BCUT2D eigenvalue weighted by Gasteiger charge is 2.37. The molecule has 1 saturated carbocycles. The topological polar surface area (TPSA) is 87.0 Å². The number of Topliss-reactive ketones (excluding diaryl/α,β-unsaturated/α-hetero) is 1. The van der Waals surface area contributed by atoms with E-state index in [1.54, 1.807) is 24.3 Å². The number of fused-ring (bicyclic) bond motifs is 1. The second kappa shape index (κ2) is 8.31. The van der Waals surface area contributed by atoms with Crippen LogP contribution in [-0.2, 0) is 4.79 Å². The molecule has 0 aromatic heterocycles. The third-order valence-electron chi connectivity index (χ3n) is 5.34. The summed E-state index contributed by atoms with van der Waals surface area (Å²) in [4.78, 5) is 43.3. The molecular formula is C23H28N2O4. The lowest BCUT2D eigenvalue weighted by Gasteiger charge is -2.31. The van der Waals surface area contributed by atoms with Crippen LogP contribution in [0.3, 0.4) is 0 Å². The van der Waals surface area contributed by atoms with Gasteiger partial charge in [0.2, 0.25) is 0 Å². The van der Waals surface area contributed by atoms with Gasteiger partial charge in [-0.15, -0.1) is 0 Å². The summed E-state index contributed by atoms with van der Waals surface area (Å²) in [5.74, 6) is -0.692. The van der Waals surface area contributed by atoms with Gasteiger partial charge >= 0.3 is 0 Å². The van der Waals surface area contributed by atoms with Crippen LogP contribution in [0.4, 0.5) is 0 Å². The van der Waals surface area contributed by atoms with E-state index in [9.17, 15) is 19.5 Å². The molecule has 6 heteroatoms. The molecule has 1 aromatic rings. The van der Waals surface area contributed by atoms with Crippen molar-refractivity contribution in [2.45, 2.75) is 52.9 Å². The lowest BCUT2D eigenvalue weighted by atomic mass is 9.73. The molecule has 0 radical (unpaired) electrons. The highest BCUT2D eigenvalue weighted by Crippen LogP contribution is 2.36. The molecule has 1 N–H and O–H groups in total. The van der Waals surface area contributed by atoms with E-state index in [1.165, 1.54) is 4.90 Å². The standard InChI is InChI=1S/C23H28N2O4/c1-4-11-24-17-13-23(2,3)14-19(27)20(17)18(26)10-7-12-25-21(28)15-8-5-6-9-16(15)22(25)29/h5-6,8-9,26H,4,7,10-14H2,1-3H3/b20-18+,24-17?. The van der Waals surface area contributed by atoms with Crippen LogP contribution >= 0.6 is 0 Å². The van der Waals surface area contributed by atoms with Crippen LogP contribution in [-0.4, -0.2) is 46.4 Å². The minimum Gasteiger partial charge on any atom is -0.511 e. The van der Waals surface area contributed by atoms with Crippen molar-refractivity contribution in [3.8, 4) is 0 Å². The van der Waals surface area contributed by atoms with Gasteiger partial charge < -0.3 is 5.11 Å². The number of ketones is 1. The lowest BCUT2D eigenvalue weighted by molar-refractivity contribution is -0.117. The Morgan fingerprint density at radius 3 is 2.31 bits per heavy atom. The van der Waals surface area contributed by atoms with Crippen LogP contribution < -0.4 is 0 Å². The van der Waals surface area contributed by atoms with Gasteiger partial charge in [0.1, 0.15) is 5.76 Å². The van der Waals surface area contributed by atoms with Crippen molar-refractivity contribution in [2.75, 3.05) is 13.1 Å². The molecule has 0 atom stereocenters. The Morgan fingerprint density at radius 2 is 1.72 bits per heavy atom. The number of nitrogens with zero attached hydrogens (tertiary/aromatic N) is 2. The van der Waals surface area contributed by atoms with E-state index in [4.69, 9.17) is 0 Å². The van der Waals surface area contributed by atoms with Crippen LogP contribution in [0.5, 0.6) is 0 Å². The Kier molecular flexibility index (Phi) is 6.01. The Morgan fingerprint density at radius 1 is 1.10 bits per heavy atom.